The second kappa shape index (κ2) is 6.93. The molecular weight excluding hydrogens is 326 g/mol. The van der Waals surface area contributed by atoms with Crippen LogP contribution in [-0.4, -0.2) is 54.3 Å². The van der Waals surface area contributed by atoms with E-state index in [1.165, 1.54) is 35.1 Å². The zero-order valence-corrected chi connectivity index (χ0v) is 13.9. The standard InChI is InChI=1S/C13H15N3O4S2/c1-14-13-16(2)11(18)8(22-13)6-9(17)15-10-7(4-5-21-10)12(19)20-3/h4-5,8H,6H2,1-3H3,(H,15,17). The number of amidine groups is 1. The van der Waals surface area contributed by atoms with E-state index < -0.39 is 11.2 Å². The highest BCUT2D eigenvalue weighted by Gasteiger charge is 2.36. The third-order valence-electron chi connectivity index (χ3n) is 3.03. The van der Waals surface area contributed by atoms with Gasteiger partial charge in [0.1, 0.15) is 10.3 Å². The molecule has 0 aliphatic carbocycles. The quantitative estimate of drug-likeness (QED) is 0.837. The summed E-state index contributed by atoms with van der Waals surface area (Å²) in [4.78, 5) is 41.1. The number of hydrogen-bond donors (Lipinski definition) is 1. The zero-order chi connectivity index (χ0) is 16.3. The largest absolute Gasteiger partial charge is 0.465 e. The maximum Gasteiger partial charge on any atom is 0.340 e. The minimum atomic E-state index is -0.511. The number of thioether (sulfide) groups is 1. The van der Waals surface area contributed by atoms with Crippen LogP contribution in [0.1, 0.15) is 16.8 Å². The van der Waals surface area contributed by atoms with E-state index in [4.69, 9.17) is 0 Å². The van der Waals surface area contributed by atoms with Crippen LogP contribution in [0.5, 0.6) is 0 Å². The molecule has 0 aromatic carbocycles. The molecule has 22 heavy (non-hydrogen) atoms. The van der Waals surface area contributed by atoms with Gasteiger partial charge in [0.15, 0.2) is 5.17 Å². The molecule has 0 saturated carbocycles. The van der Waals surface area contributed by atoms with Crippen molar-refractivity contribution in [3.63, 3.8) is 0 Å². The fourth-order valence-corrected chi connectivity index (χ4v) is 3.81. The molecule has 0 radical (unpaired) electrons. The summed E-state index contributed by atoms with van der Waals surface area (Å²) in [5, 5.41) is 4.86. The van der Waals surface area contributed by atoms with Gasteiger partial charge in [-0.1, -0.05) is 11.8 Å². The molecule has 1 fully saturated rings. The molecule has 1 saturated heterocycles. The molecule has 9 heteroatoms. The summed E-state index contributed by atoms with van der Waals surface area (Å²) < 4.78 is 4.65. The molecule has 7 nitrogen and oxygen atoms in total. The molecule has 1 N–H and O–H groups in total. The second-order valence-corrected chi connectivity index (χ2v) is 6.50. The second-order valence-electron chi connectivity index (χ2n) is 4.42. The Balaban J connectivity index is 2.01. The van der Waals surface area contributed by atoms with Gasteiger partial charge in [-0.05, 0) is 11.4 Å². The Morgan fingerprint density at radius 2 is 2.23 bits per heavy atom. The SMILES string of the molecule is CN=C1SC(CC(=O)Nc2sccc2C(=O)OC)C(=O)N1C. The molecule has 118 valence electrons. The van der Waals surface area contributed by atoms with Crippen molar-refractivity contribution in [3.05, 3.63) is 17.0 Å². The lowest BCUT2D eigenvalue weighted by Gasteiger charge is -2.09. The Hall–Kier alpha value is -1.87. The van der Waals surface area contributed by atoms with Gasteiger partial charge in [0, 0.05) is 20.5 Å². The lowest BCUT2D eigenvalue weighted by atomic mass is 10.2. The van der Waals surface area contributed by atoms with Crippen LogP contribution in [0.25, 0.3) is 0 Å². The molecule has 2 amide bonds. The topological polar surface area (TPSA) is 88.1 Å². The number of esters is 1. The highest BCUT2D eigenvalue weighted by Crippen LogP contribution is 2.29. The van der Waals surface area contributed by atoms with E-state index in [-0.39, 0.29) is 18.2 Å². The molecule has 0 spiro atoms. The van der Waals surface area contributed by atoms with Gasteiger partial charge < -0.3 is 10.1 Å². The Morgan fingerprint density at radius 3 is 2.82 bits per heavy atom. The van der Waals surface area contributed by atoms with Gasteiger partial charge >= 0.3 is 5.97 Å². The summed E-state index contributed by atoms with van der Waals surface area (Å²) in [6, 6.07) is 1.58. The van der Waals surface area contributed by atoms with Gasteiger partial charge in [-0.15, -0.1) is 11.3 Å². The molecule has 1 unspecified atom stereocenters. The van der Waals surface area contributed by atoms with Gasteiger partial charge in [0.2, 0.25) is 11.8 Å². The maximum absolute atomic E-state index is 12.1. The molecule has 2 rings (SSSR count). The number of rotatable bonds is 4. The van der Waals surface area contributed by atoms with Crippen LogP contribution < -0.4 is 5.32 Å². The number of nitrogens with zero attached hydrogens (tertiary/aromatic N) is 2. The van der Waals surface area contributed by atoms with E-state index >= 15 is 0 Å². The van der Waals surface area contributed by atoms with Crippen molar-refractivity contribution in [2.24, 2.45) is 4.99 Å². The first kappa shape index (κ1) is 16.5. The first-order valence-corrected chi connectivity index (χ1v) is 8.10. The summed E-state index contributed by atoms with van der Waals surface area (Å²) >= 11 is 2.49. The van der Waals surface area contributed by atoms with E-state index in [1.54, 1.807) is 25.5 Å². The van der Waals surface area contributed by atoms with Crippen LogP contribution >= 0.6 is 23.1 Å². The number of carbonyl (C=O) groups excluding carboxylic acids is 3. The highest BCUT2D eigenvalue weighted by molar-refractivity contribution is 8.15. The summed E-state index contributed by atoms with van der Waals surface area (Å²) in [5.74, 6) is -0.993. The smallest absolute Gasteiger partial charge is 0.340 e. The van der Waals surface area contributed by atoms with Crippen LogP contribution in [-0.2, 0) is 14.3 Å². The van der Waals surface area contributed by atoms with E-state index in [0.29, 0.717) is 15.7 Å². The van der Waals surface area contributed by atoms with Crippen molar-refractivity contribution in [2.45, 2.75) is 11.7 Å². The minimum Gasteiger partial charge on any atom is -0.465 e. The van der Waals surface area contributed by atoms with E-state index in [0.717, 1.165) is 0 Å². The predicted molar refractivity (Wildman–Crippen MR) is 86.4 cm³/mol. The molecule has 1 aliphatic rings. The maximum atomic E-state index is 12.1. The van der Waals surface area contributed by atoms with Gasteiger partial charge in [0.05, 0.1) is 12.7 Å². The van der Waals surface area contributed by atoms with Gasteiger partial charge in [-0.2, -0.15) is 0 Å². The monoisotopic (exact) mass is 341 g/mol. The Bertz CT molecular complexity index is 641. The number of hydrogen-bond acceptors (Lipinski definition) is 7. The summed E-state index contributed by atoms with van der Waals surface area (Å²) in [5.41, 5.74) is 0.305. The predicted octanol–water partition coefficient (Wildman–Crippen LogP) is 1.42. The number of nitrogens with one attached hydrogen (secondary N) is 1. The Labute approximate surface area is 135 Å². The number of methoxy groups -OCH3 is 1. The first-order chi connectivity index (χ1) is 10.5. The molecule has 1 aromatic heterocycles. The first-order valence-electron chi connectivity index (χ1n) is 6.34. The fraction of sp³-hybridized carbons (Fsp3) is 0.385. The van der Waals surface area contributed by atoms with Crippen molar-refractivity contribution in [1.29, 1.82) is 0 Å². The van der Waals surface area contributed by atoms with E-state index in [1.807, 2.05) is 0 Å². The lowest BCUT2D eigenvalue weighted by molar-refractivity contribution is -0.127. The molecule has 1 atom stereocenters. The minimum absolute atomic E-state index is 0.0192. The Morgan fingerprint density at radius 1 is 1.50 bits per heavy atom. The highest BCUT2D eigenvalue weighted by atomic mass is 32.2. The van der Waals surface area contributed by atoms with Crippen LogP contribution in [0.4, 0.5) is 5.00 Å². The van der Waals surface area contributed by atoms with Crippen molar-refractivity contribution in [3.8, 4) is 0 Å². The Kier molecular flexibility index (Phi) is 5.19. The lowest BCUT2D eigenvalue weighted by Crippen LogP contribution is -2.30. The molecule has 0 bridgehead atoms. The summed E-state index contributed by atoms with van der Waals surface area (Å²) in [6.45, 7) is 0. The average Bonchev–Trinajstić information content (AvgIpc) is 3.06. The van der Waals surface area contributed by atoms with Crippen molar-refractivity contribution >= 4 is 51.1 Å². The molecule has 1 aromatic rings. The van der Waals surface area contributed by atoms with E-state index in [9.17, 15) is 14.4 Å². The van der Waals surface area contributed by atoms with E-state index in [2.05, 4.69) is 15.0 Å². The third kappa shape index (κ3) is 3.30. The average molecular weight is 341 g/mol. The van der Waals surface area contributed by atoms with Crippen LogP contribution in [0.3, 0.4) is 0 Å². The zero-order valence-electron chi connectivity index (χ0n) is 12.3. The molecule has 1 aliphatic heterocycles. The normalized spacial score (nSPS) is 19.6. The van der Waals surface area contributed by atoms with Gasteiger partial charge in [-0.25, -0.2) is 4.79 Å². The molecular formula is C13H15N3O4S2. The van der Waals surface area contributed by atoms with Crippen LogP contribution in [0, 0.1) is 0 Å². The van der Waals surface area contributed by atoms with Gasteiger partial charge in [0.25, 0.3) is 0 Å². The van der Waals surface area contributed by atoms with Crippen LogP contribution in [0.15, 0.2) is 16.4 Å². The number of carbonyl (C=O) groups is 3. The summed E-state index contributed by atoms with van der Waals surface area (Å²) in [6.07, 6.45) is 0.0192. The van der Waals surface area contributed by atoms with Crippen molar-refractivity contribution in [1.82, 2.24) is 4.90 Å². The van der Waals surface area contributed by atoms with Gasteiger partial charge in [-0.3, -0.25) is 19.5 Å². The fourth-order valence-electron chi connectivity index (χ4n) is 1.92. The van der Waals surface area contributed by atoms with Crippen molar-refractivity contribution in [2.75, 3.05) is 26.5 Å². The summed E-state index contributed by atoms with van der Waals surface area (Å²) in [7, 11) is 4.51. The van der Waals surface area contributed by atoms with Crippen LogP contribution in [0.2, 0.25) is 0 Å². The number of anilines is 1. The number of ether oxygens (including phenoxy) is 1. The number of amides is 2. The third-order valence-corrected chi connectivity index (χ3v) is 5.18. The number of thiophene rings is 1. The van der Waals surface area contributed by atoms with Crippen molar-refractivity contribution < 1.29 is 19.1 Å². The number of aliphatic imine (C=N–C) groups is 1. The molecule has 2 heterocycles.